The molecular formula is C16H18N2O2. The zero-order chi connectivity index (χ0) is 14.5. The van der Waals surface area contributed by atoms with E-state index < -0.39 is 5.97 Å². The molecule has 0 bridgehead atoms. The first-order valence-electron chi connectivity index (χ1n) is 6.53. The first-order valence-corrected chi connectivity index (χ1v) is 6.53. The van der Waals surface area contributed by atoms with E-state index >= 15 is 0 Å². The summed E-state index contributed by atoms with van der Waals surface area (Å²) in [6.07, 6.45) is 3.48. The topological polar surface area (TPSA) is 53.4 Å². The second kappa shape index (κ2) is 6.19. The van der Waals surface area contributed by atoms with Crippen molar-refractivity contribution in [2.75, 3.05) is 11.4 Å². The highest BCUT2D eigenvalue weighted by atomic mass is 16.4. The van der Waals surface area contributed by atoms with Crippen molar-refractivity contribution in [1.29, 1.82) is 0 Å². The number of carbonyl (C=O) groups is 1. The molecule has 1 heterocycles. The van der Waals surface area contributed by atoms with Crippen LogP contribution in [0.4, 0.5) is 5.69 Å². The molecular weight excluding hydrogens is 252 g/mol. The van der Waals surface area contributed by atoms with E-state index in [0.29, 0.717) is 0 Å². The van der Waals surface area contributed by atoms with Gasteiger partial charge in [0.15, 0.2) is 0 Å². The number of hydrogen-bond donors (Lipinski definition) is 1. The van der Waals surface area contributed by atoms with Crippen molar-refractivity contribution < 1.29 is 9.90 Å². The van der Waals surface area contributed by atoms with Gasteiger partial charge in [0, 0.05) is 18.1 Å². The summed E-state index contributed by atoms with van der Waals surface area (Å²) in [6.45, 7) is 3.95. The maximum absolute atomic E-state index is 11.1. The third-order valence-corrected chi connectivity index (χ3v) is 3.31. The van der Waals surface area contributed by atoms with Crippen molar-refractivity contribution in [3.8, 4) is 0 Å². The van der Waals surface area contributed by atoms with Crippen LogP contribution < -0.4 is 4.90 Å². The molecule has 0 aliphatic rings. The Hall–Kier alpha value is -2.36. The van der Waals surface area contributed by atoms with Gasteiger partial charge in [-0.15, -0.1) is 0 Å². The van der Waals surface area contributed by atoms with Crippen LogP contribution in [-0.4, -0.2) is 22.6 Å². The molecule has 20 heavy (non-hydrogen) atoms. The second-order valence-electron chi connectivity index (χ2n) is 4.82. The van der Waals surface area contributed by atoms with Crippen molar-refractivity contribution in [2.45, 2.75) is 19.9 Å². The lowest BCUT2D eigenvalue weighted by Crippen LogP contribution is -2.32. The predicted octanol–water partition coefficient (Wildman–Crippen LogP) is 3.04. The summed E-state index contributed by atoms with van der Waals surface area (Å²) in [5, 5.41) is 9.14. The van der Waals surface area contributed by atoms with Gasteiger partial charge in [0.1, 0.15) is 6.54 Å². The van der Waals surface area contributed by atoms with Crippen LogP contribution in [0.2, 0.25) is 0 Å². The molecule has 2 rings (SSSR count). The predicted molar refractivity (Wildman–Crippen MR) is 78.8 cm³/mol. The number of aromatic nitrogens is 1. The molecule has 0 aliphatic heterocycles. The molecule has 0 radical (unpaired) electrons. The largest absolute Gasteiger partial charge is 0.480 e. The maximum Gasteiger partial charge on any atom is 0.323 e. The van der Waals surface area contributed by atoms with Gasteiger partial charge >= 0.3 is 5.97 Å². The number of carboxylic acids is 1. The van der Waals surface area contributed by atoms with E-state index in [2.05, 4.69) is 4.98 Å². The highest BCUT2D eigenvalue weighted by Crippen LogP contribution is 2.26. The van der Waals surface area contributed by atoms with Gasteiger partial charge in [-0.3, -0.25) is 9.78 Å². The molecule has 0 spiro atoms. The van der Waals surface area contributed by atoms with Crippen molar-refractivity contribution in [3.63, 3.8) is 0 Å². The fourth-order valence-corrected chi connectivity index (χ4v) is 2.14. The first-order chi connectivity index (χ1) is 9.58. The smallest absolute Gasteiger partial charge is 0.323 e. The Morgan fingerprint density at radius 1 is 1.30 bits per heavy atom. The Bertz CT molecular complexity index is 567. The minimum atomic E-state index is -0.846. The number of carboxylic acid groups (broad SMARTS) is 1. The summed E-state index contributed by atoms with van der Waals surface area (Å²) in [6, 6.07) is 11.6. The normalized spacial score (nSPS) is 11.9. The Morgan fingerprint density at radius 3 is 2.55 bits per heavy atom. The summed E-state index contributed by atoms with van der Waals surface area (Å²) in [7, 11) is 0. The molecule has 0 saturated heterocycles. The Labute approximate surface area is 118 Å². The molecule has 0 amide bonds. The van der Waals surface area contributed by atoms with Gasteiger partial charge in [-0.05, 0) is 37.6 Å². The summed E-state index contributed by atoms with van der Waals surface area (Å²) in [5.74, 6) is -0.846. The number of anilines is 1. The number of aliphatic carboxylic acids is 1. The van der Waals surface area contributed by atoms with Crippen LogP contribution in [0.25, 0.3) is 0 Å². The zero-order valence-corrected chi connectivity index (χ0v) is 11.7. The van der Waals surface area contributed by atoms with Gasteiger partial charge in [-0.2, -0.15) is 0 Å². The first kappa shape index (κ1) is 14.1. The molecule has 1 aromatic heterocycles. The fraction of sp³-hybridized carbons (Fsp3) is 0.250. The molecule has 0 fully saturated rings. The number of rotatable bonds is 5. The molecule has 0 saturated carbocycles. The highest BCUT2D eigenvalue weighted by molar-refractivity contribution is 5.74. The molecule has 2 aromatic rings. The van der Waals surface area contributed by atoms with Crippen molar-refractivity contribution >= 4 is 11.7 Å². The lowest BCUT2D eigenvalue weighted by molar-refractivity contribution is -0.135. The van der Waals surface area contributed by atoms with Crippen molar-refractivity contribution in [1.82, 2.24) is 4.98 Å². The third kappa shape index (κ3) is 3.35. The molecule has 4 heteroatoms. The van der Waals surface area contributed by atoms with Gasteiger partial charge in [-0.1, -0.05) is 23.8 Å². The molecule has 1 atom stereocenters. The molecule has 4 nitrogen and oxygen atoms in total. The van der Waals surface area contributed by atoms with Crippen LogP contribution in [0.3, 0.4) is 0 Å². The van der Waals surface area contributed by atoms with E-state index in [0.717, 1.165) is 16.8 Å². The molecule has 1 aromatic carbocycles. The fourth-order valence-electron chi connectivity index (χ4n) is 2.14. The highest BCUT2D eigenvalue weighted by Gasteiger charge is 2.19. The van der Waals surface area contributed by atoms with Gasteiger partial charge < -0.3 is 10.0 Å². The van der Waals surface area contributed by atoms with E-state index in [-0.39, 0.29) is 12.6 Å². The number of benzene rings is 1. The Balaban J connectivity index is 2.32. The number of hydrogen-bond acceptors (Lipinski definition) is 3. The zero-order valence-electron chi connectivity index (χ0n) is 11.7. The SMILES string of the molecule is Cc1ccc(N(CC(=O)O)C(C)c2cccnc2)cc1. The van der Waals surface area contributed by atoms with Crippen molar-refractivity contribution in [3.05, 3.63) is 59.9 Å². The van der Waals surface area contributed by atoms with Crippen molar-refractivity contribution in [2.24, 2.45) is 0 Å². The standard InChI is InChI=1S/C16H18N2O2/c1-12-5-7-15(8-6-12)18(11-16(19)20)13(2)14-4-3-9-17-10-14/h3-10,13H,11H2,1-2H3,(H,19,20). The number of nitrogens with zero attached hydrogens (tertiary/aromatic N) is 2. The van der Waals surface area contributed by atoms with Crippen LogP contribution in [0, 0.1) is 6.92 Å². The second-order valence-corrected chi connectivity index (χ2v) is 4.82. The summed E-state index contributed by atoms with van der Waals surface area (Å²) >= 11 is 0. The molecule has 104 valence electrons. The maximum atomic E-state index is 11.1. The van der Waals surface area contributed by atoms with E-state index in [4.69, 9.17) is 5.11 Å². The lowest BCUT2D eigenvalue weighted by Gasteiger charge is -2.30. The van der Waals surface area contributed by atoms with Crippen LogP contribution in [0.1, 0.15) is 24.1 Å². The minimum absolute atomic E-state index is 0.0425. The van der Waals surface area contributed by atoms with E-state index in [1.54, 1.807) is 12.4 Å². The monoisotopic (exact) mass is 270 g/mol. The summed E-state index contributed by atoms with van der Waals surface area (Å²) < 4.78 is 0. The summed E-state index contributed by atoms with van der Waals surface area (Å²) in [5.41, 5.74) is 3.04. The molecule has 1 N–H and O–H groups in total. The number of aryl methyl sites for hydroxylation is 1. The van der Waals surface area contributed by atoms with Gasteiger partial charge in [0.2, 0.25) is 0 Å². The average molecular weight is 270 g/mol. The van der Waals surface area contributed by atoms with Crippen LogP contribution in [0.15, 0.2) is 48.8 Å². The third-order valence-electron chi connectivity index (χ3n) is 3.31. The average Bonchev–Trinajstić information content (AvgIpc) is 2.46. The Morgan fingerprint density at radius 2 is 2.00 bits per heavy atom. The summed E-state index contributed by atoms with van der Waals surface area (Å²) in [4.78, 5) is 17.1. The van der Waals surface area contributed by atoms with Crippen LogP contribution in [-0.2, 0) is 4.79 Å². The quantitative estimate of drug-likeness (QED) is 0.907. The van der Waals surface area contributed by atoms with Crippen LogP contribution in [0.5, 0.6) is 0 Å². The number of pyridine rings is 1. The van der Waals surface area contributed by atoms with Crippen LogP contribution >= 0.6 is 0 Å². The van der Waals surface area contributed by atoms with Gasteiger partial charge in [-0.25, -0.2) is 0 Å². The van der Waals surface area contributed by atoms with Gasteiger partial charge in [0.25, 0.3) is 0 Å². The lowest BCUT2D eigenvalue weighted by atomic mass is 10.1. The van der Waals surface area contributed by atoms with E-state index in [1.165, 1.54) is 0 Å². The van der Waals surface area contributed by atoms with E-state index in [9.17, 15) is 4.79 Å². The Kier molecular flexibility index (Phi) is 4.35. The minimum Gasteiger partial charge on any atom is -0.480 e. The molecule has 1 unspecified atom stereocenters. The van der Waals surface area contributed by atoms with Gasteiger partial charge in [0.05, 0.1) is 6.04 Å². The molecule has 0 aliphatic carbocycles. The van der Waals surface area contributed by atoms with E-state index in [1.807, 2.05) is 55.1 Å².